The topological polar surface area (TPSA) is 68.9 Å². The van der Waals surface area contributed by atoms with Gasteiger partial charge in [-0.15, -0.1) is 0 Å². The van der Waals surface area contributed by atoms with Crippen molar-refractivity contribution in [3.05, 3.63) is 23.4 Å². The molecule has 0 radical (unpaired) electrons. The Bertz CT molecular complexity index is 503. The second-order valence-electron chi connectivity index (χ2n) is 4.27. The van der Waals surface area contributed by atoms with Gasteiger partial charge in [-0.3, -0.25) is 0 Å². The summed E-state index contributed by atoms with van der Waals surface area (Å²) < 4.78 is 37.5. The van der Waals surface area contributed by atoms with Crippen LogP contribution in [0.3, 0.4) is 0 Å². The van der Waals surface area contributed by atoms with E-state index in [0.717, 1.165) is 12.1 Å². The van der Waals surface area contributed by atoms with Crippen molar-refractivity contribution in [3.8, 4) is 6.07 Å². The number of halogens is 3. The zero-order chi connectivity index (χ0) is 13.4. The average molecular weight is 257 g/mol. The second-order valence-corrected chi connectivity index (χ2v) is 4.27. The molecule has 18 heavy (non-hydrogen) atoms. The van der Waals surface area contributed by atoms with Gasteiger partial charge in [0.2, 0.25) is 0 Å². The van der Waals surface area contributed by atoms with Crippen LogP contribution in [0.1, 0.15) is 24.1 Å². The molecule has 1 saturated carbocycles. The van der Waals surface area contributed by atoms with Gasteiger partial charge in [-0.25, -0.2) is 4.98 Å². The van der Waals surface area contributed by atoms with Crippen LogP contribution in [0, 0.1) is 11.3 Å². The Morgan fingerprint density at radius 2 is 2.11 bits per heavy atom. The maximum atomic E-state index is 12.5. The molecule has 2 rings (SSSR count). The molecule has 1 aromatic heterocycles. The predicted molar refractivity (Wildman–Crippen MR) is 56.6 cm³/mol. The number of aromatic nitrogens is 1. The van der Waals surface area contributed by atoms with E-state index in [1.165, 1.54) is 0 Å². The Kier molecular flexibility index (Phi) is 2.91. The van der Waals surface area contributed by atoms with Crippen LogP contribution in [0.15, 0.2) is 12.1 Å². The summed E-state index contributed by atoms with van der Waals surface area (Å²) >= 11 is 0. The average Bonchev–Trinajstić information content (AvgIpc) is 3.08. The van der Waals surface area contributed by atoms with Gasteiger partial charge in [0.25, 0.3) is 0 Å². The largest absolute Gasteiger partial charge is 0.433 e. The number of aliphatic hydroxyl groups is 1. The lowest BCUT2D eigenvalue weighted by molar-refractivity contribution is -0.141. The number of nitrogens with one attached hydrogen (secondary N) is 1. The summed E-state index contributed by atoms with van der Waals surface area (Å²) in [7, 11) is 0. The summed E-state index contributed by atoms with van der Waals surface area (Å²) in [6.07, 6.45) is -3.26. The molecule has 1 aliphatic rings. The van der Waals surface area contributed by atoms with E-state index in [4.69, 9.17) is 10.4 Å². The normalized spacial score (nSPS) is 17.1. The molecule has 1 fully saturated rings. The SMILES string of the molecule is N#Cc1ccc(C(F)(F)F)nc1NC1(CO)CC1. The van der Waals surface area contributed by atoms with Gasteiger partial charge >= 0.3 is 6.18 Å². The Balaban J connectivity index is 2.35. The Morgan fingerprint density at radius 1 is 1.44 bits per heavy atom. The fourth-order valence-electron chi connectivity index (χ4n) is 1.53. The van der Waals surface area contributed by atoms with E-state index in [0.29, 0.717) is 12.8 Å². The molecule has 0 atom stereocenters. The van der Waals surface area contributed by atoms with Crippen molar-refractivity contribution in [2.45, 2.75) is 24.6 Å². The third-order valence-electron chi connectivity index (χ3n) is 2.85. The van der Waals surface area contributed by atoms with E-state index in [1.807, 2.05) is 0 Å². The molecular weight excluding hydrogens is 247 g/mol. The molecule has 1 aliphatic carbocycles. The van der Waals surface area contributed by atoms with Crippen LogP contribution in [0.4, 0.5) is 19.0 Å². The summed E-state index contributed by atoms with van der Waals surface area (Å²) in [5.41, 5.74) is -1.65. The first-order valence-corrected chi connectivity index (χ1v) is 5.28. The summed E-state index contributed by atoms with van der Waals surface area (Å²) in [6.45, 7) is -0.199. The van der Waals surface area contributed by atoms with Crippen molar-refractivity contribution in [2.75, 3.05) is 11.9 Å². The molecule has 4 nitrogen and oxygen atoms in total. The molecule has 0 spiro atoms. The number of nitriles is 1. The number of alkyl halides is 3. The summed E-state index contributed by atoms with van der Waals surface area (Å²) in [6, 6.07) is 3.62. The lowest BCUT2D eigenvalue weighted by Crippen LogP contribution is -2.27. The highest BCUT2D eigenvalue weighted by Gasteiger charge is 2.43. The van der Waals surface area contributed by atoms with Crippen LogP contribution in [0.2, 0.25) is 0 Å². The van der Waals surface area contributed by atoms with E-state index >= 15 is 0 Å². The van der Waals surface area contributed by atoms with Gasteiger partial charge in [-0.05, 0) is 25.0 Å². The van der Waals surface area contributed by atoms with Gasteiger partial charge in [0, 0.05) is 0 Å². The first-order valence-electron chi connectivity index (χ1n) is 5.28. The molecule has 7 heteroatoms. The maximum absolute atomic E-state index is 12.5. The Morgan fingerprint density at radius 3 is 2.56 bits per heavy atom. The molecule has 2 N–H and O–H groups in total. The van der Waals surface area contributed by atoms with Crippen molar-refractivity contribution >= 4 is 5.82 Å². The van der Waals surface area contributed by atoms with Gasteiger partial charge in [-0.1, -0.05) is 0 Å². The summed E-state index contributed by atoms with van der Waals surface area (Å²) in [4.78, 5) is 3.42. The zero-order valence-electron chi connectivity index (χ0n) is 9.25. The number of rotatable bonds is 3. The highest BCUT2D eigenvalue weighted by atomic mass is 19.4. The maximum Gasteiger partial charge on any atom is 0.433 e. The number of hydrogen-bond acceptors (Lipinski definition) is 4. The smallest absolute Gasteiger partial charge is 0.394 e. The monoisotopic (exact) mass is 257 g/mol. The first-order chi connectivity index (χ1) is 8.40. The van der Waals surface area contributed by atoms with E-state index in [2.05, 4.69) is 10.3 Å². The molecule has 0 saturated heterocycles. The highest BCUT2D eigenvalue weighted by molar-refractivity contribution is 5.55. The highest BCUT2D eigenvalue weighted by Crippen LogP contribution is 2.39. The van der Waals surface area contributed by atoms with Crippen molar-refractivity contribution < 1.29 is 18.3 Å². The lowest BCUT2D eigenvalue weighted by Gasteiger charge is -2.17. The molecule has 0 aliphatic heterocycles. The van der Waals surface area contributed by atoms with Crippen molar-refractivity contribution in [3.63, 3.8) is 0 Å². The Labute approximate surface area is 101 Å². The fraction of sp³-hybridized carbons (Fsp3) is 0.455. The van der Waals surface area contributed by atoms with Gasteiger partial charge < -0.3 is 10.4 Å². The third-order valence-corrected chi connectivity index (χ3v) is 2.85. The van der Waals surface area contributed by atoms with Crippen LogP contribution >= 0.6 is 0 Å². The summed E-state index contributed by atoms with van der Waals surface area (Å²) in [5.74, 6) is -0.126. The molecular formula is C11H10F3N3O. The van der Waals surface area contributed by atoms with Crippen molar-refractivity contribution in [2.24, 2.45) is 0 Å². The number of hydrogen-bond donors (Lipinski definition) is 2. The van der Waals surface area contributed by atoms with E-state index < -0.39 is 17.4 Å². The molecule has 0 unspecified atom stereocenters. The standard InChI is InChI=1S/C11H10F3N3O/c12-11(13,14)8-2-1-7(5-15)9(16-8)17-10(6-18)3-4-10/h1-2,18H,3-4,6H2,(H,16,17). The minimum atomic E-state index is -4.56. The number of anilines is 1. The minimum absolute atomic E-state index is 0.0303. The van der Waals surface area contributed by atoms with Crippen LogP contribution < -0.4 is 5.32 Å². The molecule has 1 aromatic rings. The van der Waals surface area contributed by atoms with Crippen LogP contribution in [0.25, 0.3) is 0 Å². The number of aliphatic hydroxyl groups excluding tert-OH is 1. The minimum Gasteiger partial charge on any atom is -0.394 e. The molecule has 1 heterocycles. The van der Waals surface area contributed by atoms with E-state index in [1.54, 1.807) is 6.07 Å². The summed E-state index contributed by atoms with van der Waals surface area (Å²) in [5, 5.41) is 20.7. The molecule has 96 valence electrons. The lowest BCUT2D eigenvalue weighted by atomic mass is 10.2. The third kappa shape index (κ3) is 2.38. The van der Waals surface area contributed by atoms with Gasteiger partial charge in [0.15, 0.2) is 0 Å². The van der Waals surface area contributed by atoms with Gasteiger partial charge in [0.05, 0.1) is 17.7 Å². The number of pyridine rings is 1. The Hall–Kier alpha value is -1.81. The van der Waals surface area contributed by atoms with Crippen molar-refractivity contribution in [1.29, 1.82) is 5.26 Å². The zero-order valence-corrected chi connectivity index (χ0v) is 9.25. The molecule has 0 bridgehead atoms. The van der Waals surface area contributed by atoms with E-state index in [9.17, 15) is 13.2 Å². The fourth-order valence-corrected chi connectivity index (χ4v) is 1.53. The van der Waals surface area contributed by atoms with Gasteiger partial charge in [0.1, 0.15) is 17.6 Å². The predicted octanol–water partition coefficient (Wildman–Crippen LogP) is 1.91. The molecule has 0 amide bonds. The molecule has 0 aromatic carbocycles. The van der Waals surface area contributed by atoms with Gasteiger partial charge in [-0.2, -0.15) is 18.4 Å². The van der Waals surface area contributed by atoms with Crippen LogP contribution in [-0.2, 0) is 6.18 Å². The van der Waals surface area contributed by atoms with Crippen LogP contribution in [0.5, 0.6) is 0 Å². The van der Waals surface area contributed by atoms with E-state index in [-0.39, 0.29) is 18.0 Å². The number of nitrogens with zero attached hydrogens (tertiary/aromatic N) is 2. The quantitative estimate of drug-likeness (QED) is 0.867. The van der Waals surface area contributed by atoms with Crippen LogP contribution in [-0.4, -0.2) is 22.2 Å². The first kappa shape index (κ1) is 12.6. The van der Waals surface area contributed by atoms with Crippen molar-refractivity contribution in [1.82, 2.24) is 4.98 Å². The second kappa shape index (κ2) is 4.14.